The Morgan fingerprint density at radius 1 is 1.17 bits per heavy atom. The molecule has 1 saturated carbocycles. The van der Waals surface area contributed by atoms with Crippen molar-refractivity contribution in [2.45, 2.75) is 38.5 Å². The van der Waals surface area contributed by atoms with E-state index in [1.54, 1.807) is 7.11 Å². The normalized spacial score (nSPS) is 18.6. The largest absolute Gasteiger partial charge is 0.497 e. The molecule has 0 spiro atoms. The van der Waals surface area contributed by atoms with Gasteiger partial charge in [-0.15, -0.1) is 11.6 Å². The van der Waals surface area contributed by atoms with E-state index in [1.807, 2.05) is 12.1 Å². The first-order chi connectivity index (χ1) is 8.83. The van der Waals surface area contributed by atoms with Crippen LogP contribution in [0.25, 0.3) is 0 Å². The van der Waals surface area contributed by atoms with Crippen LogP contribution in [0.3, 0.4) is 0 Å². The fraction of sp³-hybridized carbons (Fsp3) is 0.625. The zero-order valence-electron chi connectivity index (χ0n) is 11.2. The molecule has 100 valence electrons. The molecule has 2 heteroatoms. The molecule has 0 aliphatic heterocycles. The summed E-state index contributed by atoms with van der Waals surface area (Å²) in [7, 11) is 1.71. The van der Waals surface area contributed by atoms with E-state index >= 15 is 0 Å². The van der Waals surface area contributed by atoms with E-state index in [9.17, 15) is 0 Å². The average Bonchev–Trinajstić information content (AvgIpc) is 2.46. The first kappa shape index (κ1) is 13.7. The van der Waals surface area contributed by atoms with Crippen molar-refractivity contribution in [3.05, 3.63) is 29.8 Å². The Morgan fingerprint density at radius 3 is 2.39 bits per heavy atom. The lowest BCUT2D eigenvalue weighted by molar-refractivity contribution is 0.265. The number of rotatable bonds is 5. The van der Waals surface area contributed by atoms with Crippen LogP contribution in [0.15, 0.2) is 24.3 Å². The molecule has 1 aromatic carbocycles. The Balaban J connectivity index is 1.95. The second-order valence-corrected chi connectivity index (χ2v) is 5.67. The van der Waals surface area contributed by atoms with Crippen LogP contribution in [0.1, 0.15) is 37.7 Å². The molecular formula is C16H23ClO. The summed E-state index contributed by atoms with van der Waals surface area (Å²) in [5.41, 5.74) is 1.38. The SMILES string of the molecule is COc1ccc(CC(CCl)C2CCCCC2)cc1. The van der Waals surface area contributed by atoms with Gasteiger partial charge in [-0.1, -0.05) is 44.2 Å². The molecule has 1 unspecified atom stereocenters. The second kappa shape index (κ2) is 7.04. The molecule has 1 aliphatic carbocycles. The van der Waals surface area contributed by atoms with Gasteiger partial charge in [-0.25, -0.2) is 0 Å². The van der Waals surface area contributed by atoms with Crippen LogP contribution in [0.2, 0.25) is 0 Å². The monoisotopic (exact) mass is 266 g/mol. The number of methoxy groups -OCH3 is 1. The summed E-state index contributed by atoms with van der Waals surface area (Å²) in [6.07, 6.45) is 8.04. The van der Waals surface area contributed by atoms with E-state index in [-0.39, 0.29) is 0 Å². The first-order valence-electron chi connectivity index (χ1n) is 7.02. The topological polar surface area (TPSA) is 9.23 Å². The van der Waals surface area contributed by atoms with Crippen molar-refractivity contribution in [3.8, 4) is 5.75 Å². The minimum atomic E-state index is 0.639. The van der Waals surface area contributed by atoms with Crippen LogP contribution in [0.4, 0.5) is 0 Å². The van der Waals surface area contributed by atoms with Crippen molar-refractivity contribution >= 4 is 11.6 Å². The summed E-state index contributed by atoms with van der Waals surface area (Å²) < 4.78 is 5.19. The van der Waals surface area contributed by atoms with Crippen molar-refractivity contribution in [2.75, 3.05) is 13.0 Å². The highest BCUT2D eigenvalue weighted by Gasteiger charge is 2.23. The highest BCUT2D eigenvalue weighted by Crippen LogP contribution is 2.32. The van der Waals surface area contributed by atoms with Crippen molar-refractivity contribution < 1.29 is 4.74 Å². The van der Waals surface area contributed by atoms with E-state index in [1.165, 1.54) is 37.7 Å². The fourth-order valence-corrected chi connectivity index (χ4v) is 3.38. The van der Waals surface area contributed by atoms with Crippen molar-refractivity contribution in [1.82, 2.24) is 0 Å². The van der Waals surface area contributed by atoms with Crippen molar-refractivity contribution in [3.63, 3.8) is 0 Å². The zero-order valence-corrected chi connectivity index (χ0v) is 12.0. The Bertz CT molecular complexity index is 341. The highest BCUT2D eigenvalue weighted by atomic mass is 35.5. The van der Waals surface area contributed by atoms with E-state index in [0.29, 0.717) is 5.92 Å². The van der Waals surface area contributed by atoms with Crippen molar-refractivity contribution in [1.29, 1.82) is 0 Å². The van der Waals surface area contributed by atoms with Gasteiger partial charge in [0.05, 0.1) is 7.11 Å². The third kappa shape index (κ3) is 3.65. The first-order valence-corrected chi connectivity index (χ1v) is 7.56. The van der Waals surface area contributed by atoms with E-state index in [4.69, 9.17) is 16.3 Å². The lowest BCUT2D eigenvalue weighted by Crippen LogP contribution is -2.21. The lowest BCUT2D eigenvalue weighted by atomic mass is 9.78. The van der Waals surface area contributed by atoms with Crippen LogP contribution < -0.4 is 4.74 Å². The van der Waals surface area contributed by atoms with Crippen molar-refractivity contribution in [2.24, 2.45) is 11.8 Å². The summed E-state index contributed by atoms with van der Waals surface area (Å²) in [5.74, 6) is 3.19. The quantitative estimate of drug-likeness (QED) is 0.704. The van der Waals surface area contributed by atoms with E-state index in [0.717, 1.165) is 24.0 Å². The lowest BCUT2D eigenvalue weighted by Gasteiger charge is -2.29. The van der Waals surface area contributed by atoms with Gasteiger partial charge < -0.3 is 4.74 Å². The molecule has 2 rings (SSSR count). The number of alkyl halides is 1. The molecule has 0 aromatic heterocycles. The molecule has 1 aromatic rings. The molecule has 0 saturated heterocycles. The summed E-state index contributed by atoms with van der Waals surface area (Å²) in [6.45, 7) is 0. The molecule has 0 amide bonds. The zero-order chi connectivity index (χ0) is 12.8. The van der Waals surface area contributed by atoms with Crippen LogP contribution in [0.5, 0.6) is 5.75 Å². The predicted octanol–water partition coefficient (Wildman–Crippen LogP) is 4.67. The van der Waals surface area contributed by atoms with Gasteiger partial charge in [-0.05, 0) is 36.0 Å². The van der Waals surface area contributed by atoms with Gasteiger partial charge >= 0.3 is 0 Å². The third-order valence-corrected chi connectivity index (χ3v) is 4.57. The second-order valence-electron chi connectivity index (χ2n) is 5.36. The van der Waals surface area contributed by atoms with Crippen LogP contribution in [-0.4, -0.2) is 13.0 Å². The Hall–Kier alpha value is -0.690. The predicted molar refractivity (Wildman–Crippen MR) is 77.5 cm³/mol. The van der Waals surface area contributed by atoms with Gasteiger partial charge in [0.1, 0.15) is 5.75 Å². The maximum absolute atomic E-state index is 6.18. The Kier molecular flexibility index (Phi) is 5.37. The summed E-state index contributed by atoms with van der Waals surface area (Å²) in [5, 5.41) is 0. The molecule has 18 heavy (non-hydrogen) atoms. The number of hydrogen-bond donors (Lipinski definition) is 0. The molecule has 0 N–H and O–H groups in total. The minimum Gasteiger partial charge on any atom is -0.497 e. The van der Waals surface area contributed by atoms with Crippen LogP contribution in [0, 0.1) is 11.8 Å². The Morgan fingerprint density at radius 2 is 1.83 bits per heavy atom. The fourth-order valence-electron chi connectivity index (χ4n) is 3.02. The average molecular weight is 267 g/mol. The van der Waals surface area contributed by atoms with E-state index < -0.39 is 0 Å². The van der Waals surface area contributed by atoms with Gasteiger partial charge in [0.15, 0.2) is 0 Å². The van der Waals surface area contributed by atoms with Gasteiger partial charge in [-0.2, -0.15) is 0 Å². The van der Waals surface area contributed by atoms with Crippen LogP contribution in [-0.2, 0) is 6.42 Å². The molecule has 1 fully saturated rings. The van der Waals surface area contributed by atoms with Gasteiger partial charge in [0, 0.05) is 5.88 Å². The molecule has 0 bridgehead atoms. The summed E-state index contributed by atoms with van der Waals surface area (Å²) in [6, 6.07) is 8.42. The summed E-state index contributed by atoms with van der Waals surface area (Å²) >= 11 is 6.18. The van der Waals surface area contributed by atoms with E-state index in [2.05, 4.69) is 12.1 Å². The number of hydrogen-bond acceptors (Lipinski definition) is 1. The molecular weight excluding hydrogens is 244 g/mol. The standard InChI is InChI=1S/C16H23ClO/c1-18-16-9-7-13(8-10-16)11-15(12-17)14-5-3-2-4-6-14/h7-10,14-15H,2-6,11-12H2,1H3. The van der Waals surface area contributed by atoms with Crippen LogP contribution >= 0.6 is 11.6 Å². The molecule has 1 nitrogen and oxygen atoms in total. The van der Waals surface area contributed by atoms with Gasteiger partial charge in [0.25, 0.3) is 0 Å². The highest BCUT2D eigenvalue weighted by molar-refractivity contribution is 6.18. The maximum Gasteiger partial charge on any atom is 0.118 e. The number of benzene rings is 1. The molecule has 1 aliphatic rings. The molecule has 0 heterocycles. The Labute approximate surface area is 115 Å². The third-order valence-electron chi connectivity index (χ3n) is 4.17. The smallest absolute Gasteiger partial charge is 0.118 e. The van der Waals surface area contributed by atoms with Gasteiger partial charge in [-0.3, -0.25) is 0 Å². The van der Waals surface area contributed by atoms with Gasteiger partial charge in [0.2, 0.25) is 0 Å². The summed E-state index contributed by atoms with van der Waals surface area (Å²) in [4.78, 5) is 0. The number of ether oxygens (including phenoxy) is 1. The minimum absolute atomic E-state index is 0.639. The maximum atomic E-state index is 6.18. The molecule has 1 atom stereocenters. The molecule has 0 radical (unpaired) electrons. The number of halogens is 1.